The number of halogens is 1. The van der Waals surface area contributed by atoms with Crippen LogP contribution in [0.25, 0.3) is 16.9 Å². The smallest absolute Gasteiger partial charge is 0.337 e. The van der Waals surface area contributed by atoms with Gasteiger partial charge >= 0.3 is 5.69 Å². The number of carbonyl (C=O) groups is 1. The van der Waals surface area contributed by atoms with Crippen LogP contribution in [0, 0.1) is 11.7 Å². The zero-order valence-electron chi connectivity index (χ0n) is 17.9. The Morgan fingerprint density at radius 2 is 1.79 bits per heavy atom. The molecule has 1 aliphatic rings. The van der Waals surface area contributed by atoms with Crippen LogP contribution < -0.4 is 16.0 Å². The number of carbonyl (C=O) groups excluding carboxylic acids is 1. The maximum absolute atomic E-state index is 13.5. The molecule has 0 saturated heterocycles. The van der Waals surface area contributed by atoms with Crippen LogP contribution in [0.2, 0.25) is 0 Å². The largest absolute Gasteiger partial charge is 0.497 e. The van der Waals surface area contributed by atoms with Crippen molar-refractivity contribution in [2.45, 2.75) is 25.9 Å². The van der Waals surface area contributed by atoms with Gasteiger partial charge in [-0.25, -0.2) is 18.7 Å². The first kappa shape index (κ1) is 20.9. The summed E-state index contributed by atoms with van der Waals surface area (Å²) in [5.74, 6) is 0.243. The summed E-state index contributed by atoms with van der Waals surface area (Å²) >= 11 is 0. The normalized spacial score (nSPS) is 13.4. The first-order chi connectivity index (χ1) is 16.0. The zero-order valence-corrected chi connectivity index (χ0v) is 17.9. The fraction of sp³-hybridized carbons (Fsp3) is 0.250. The summed E-state index contributed by atoms with van der Waals surface area (Å²) < 4.78 is 22.6. The molecule has 0 amide bonds. The van der Waals surface area contributed by atoms with Crippen molar-refractivity contribution in [3.63, 3.8) is 0 Å². The van der Waals surface area contributed by atoms with Crippen LogP contribution in [0.4, 0.5) is 4.39 Å². The number of imidazole rings is 1. The van der Waals surface area contributed by atoms with Gasteiger partial charge in [0.2, 0.25) is 0 Å². The molecule has 8 nitrogen and oxygen atoms in total. The molecule has 0 atom stereocenters. The van der Waals surface area contributed by atoms with E-state index in [1.165, 1.54) is 44.3 Å². The van der Waals surface area contributed by atoms with Crippen LogP contribution in [-0.4, -0.2) is 31.6 Å². The fourth-order valence-electron chi connectivity index (χ4n) is 3.87. The molecule has 1 fully saturated rings. The van der Waals surface area contributed by atoms with Gasteiger partial charge in [-0.15, -0.1) is 0 Å². The number of ketones is 1. The number of hydrogen-bond acceptors (Lipinski definition) is 5. The van der Waals surface area contributed by atoms with Gasteiger partial charge < -0.3 is 9.30 Å². The molecule has 2 aromatic heterocycles. The van der Waals surface area contributed by atoms with Crippen molar-refractivity contribution < 1.29 is 13.9 Å². The molecular formula is C24H21FN4O4. The van der Waals surface area contributed by atoms with E-state index < -0.39 is 17.1 Å². The van der Waals surface area contributed by atoms with Gasteiger partial charge in [-0.05, 0) is 67.3 Å². The van der Waals surface area contributed by atoms with E-state index >= 15 is 0 Å². The van der Waals surface area contributed by atoms with E-state index in [1.54, 1.807) is 31.4 Å². The van der Waals surface area contributed by atoms with Gasteiger partial charge in [0.1, 0.15) is 11.6 Å². The monoisotopic (exact) mass is 448 g/mol. The molecular weight excluding hydrogens is 427 g/mol. The maximum atomic E-state index is 13.5. The Bertz CT molecular complexity index is 1460. The van der Waals surface area contributed by atoms with Crippen LogP contribution in [0.15, 0.2) is 64.4 Å². The molecule has 9 heteroatoms. The van der Waals surface area contributed by atoms with E-state index in [1.807, 2.05) is 0 Å². The molecule has 1 saturated carbocycles. The Balaban J connectivity index is 1.64. The number of nitrogens with zero attached hydrogens (tertiary/aromatic N) is 4. The van der Waals surface area contributed by atoms with Gasteiger partial charge in [0, 0.05) is 12.1 Å². The van der Waals surface area contributed by atoms with E-state index in [4.69, 9.17) is 4.74 Å². The van der Waals surface area contributed by atoms with Crippen molar-refractivity contribution >= 4 is 16.9 Å². The maximum Gasteiger partial charge on any atom is 0.337 e. The van der Waals surface area contributed by atoms with Crippen molar-refractivity contribution in [2.24, 2.45) is 5.92 Å². The topological polar surface area (TPSA) is 88.1 Å². The van der Waals surface area contributed by atoms with E-state index in [-0.39, 0.29) is 29.4 Å². The van der Waals surface area contributed by atoms with Gasteiger partial charge in [0.15, 0.2) is 16.9 Å². The third kappa shape index (κ3) is 3.86. The number of methoxy groups -OCH3 is 1. The molecule has 33 heavy (non-hydrogen) atoms. The van der Waals surface area contributed by atoms with Gasteiger partial charge in [0.25, 0.3) is 5.56 Å². The minimum Gasteiger partial charge on any atom is -0.497 e. The summed E-state index contributed by atoms with van der Waals surface area (Å²) in [7, 11) is 1.54. The molecule has 0 unspecified atom stereocenters. The number of Topliss-reactive ketones (excluding diaryl/α,β-unsaturated/α-hetero) is 1. The molecule has 0 N–H and O–H groups in total. The van der Waals surface area contributed by atoms with Crippen LogP contribution in [0.5, 0.6) is 5.75 Å². The lowest BCUT2D eigenvalue weighted by molar-refractivity contribution is 0.0973. The average Bonchev–Trinajstić information content (AvgIpc) is 3.56. The summed E-state index contributed by atoms with van der Waals surface area (Å²) in [6.45, 7) is 0.176. The number of benzene rings is 2. The van der Waals surface area contributed by atoms with Gasteiger partial charge in [-0.1, -0.05) is 0 Å². The number of ether oxygens (including phenoxy) is 1. The molecule has 2 heterocycles. The van der Waals surface area contributed by atoms with Crippen LogP contribution in [0.3, 0.4) is 0 Å². The second-order valence-corrected chi connectivity index (χ2v) is 8.15. The Kier molecular flexibility index (Phi) is 5.16. The number of hydrogen-bond donors (Lipinski definition) is 0. The van der Waals surface area contributed by atoms with E-state index in [9.17, 15) is 18.8 Å². The average molecular weight is 448 g/mol. The summed E-state index contributed by atoms with van der Waals surface area (Å²) in [6, 6.07) is 12.1. The minimum absolute atomic E-state index is 0.122. The Labute approximate surface area is 187 Å². The predicted molar refractivity (Wildman–Crippen MR) is 120 cm³/mol. The molecule has 0 aliphatic heterocycles. The summed E-state index contributed by atoms with van der Waals surface area (Å²) in [5.41, 5.74) is 0.121. The van der Waals surface area contributed by atoms with E-state index in [0.29, 0.717) is 23.5 Å². The highest BCUT2D eigenvalue weighted by Crippen LogP contribution is 2.30. The quantitative estimate of drug-likeness (QED) is 0.406. The Morgan fingerprint density at radius 1 is 1.09 bits per heavy atom. The minimum atomic E-state index is -0.530. The van der Waals surface area contributed by atoms with Crippen LogP contribution in [-0.2, 0) is 13.1 Å². The van der Waals surface area contributed by atoms with Crippen molar-refractivity contribution in [2.75, 3.05) is 7.11 Å². The highest BCUT2D eigenvalue weighted by Gasteiger charge is 2.26. The summed E-state index contributed by atoms with van der Waals surface area (Å²) in [5, 5.41) is 0. The first-order valence-electron chi connectivity index (χ1n) is 10.6. The van der Waals surface area contributed by atoms with Crippen molar-refractivity contribution in [1.82, 2.24) is 18.7 Å². The van der Waals surface area contributed by atoms with E-state index in [2.05, 4.69) is 4.98 Å². The van der Waals surface area contributed by atoms with E-state index in [0.717, 1.165) is 12.8 Å². The molecule has 2 aromatic carbocycles. The lowest BCUT2D eigenvalue weighted by atomic mass is 10.1. The Hall–Kier alpha value is -4.01. The molecule has 168 valence electrons. The second kappa shape index (κ2) is 8.16. The summed E-state index contributed by atoms with van der Waals surface area (Å²) in [4.78, 5) is 43.8. The number of aromatic nitrogens is 4. The lowest BCUT2D eigenvalue weighted by Crippen LogP contribution is -2.40. The highest BCUT2D eigenvalue weighted by atomic mass is 19.1. The lowest BCUT2D eigenvalue weighted by Gasteiger charge is -2.12. The fourth-order valence-corrected chi connectivity index (χ4v) is 3.87. The van der Waals surface area contributed by atoms with Gasteiger partial charge in [0.05, 0.1) is 25.7 Å². The molecule has 5 rings (SSSR count). The second-order valence-electron chi connectivity index (χ2n) is 8.15. The number of fused-ring (bicyclic) bond motifs is 1. The third-order valence-corrected chi connectivity index (χ3v) is 5.85. The standard InChI is InChI=1S/C24H21FN4O4/c1-33-19-10-4-16(5-11-19)20(30)13-27-14-26-22-21(27)23(31)28(12-15-2-3-15)24(32)29(22)18-8-6-17(25)7-9-18/h4-11,14-15H,2-3,12-13H2,1H3. The predicted octanol–water partition coefficient (Wildman–Crippen LogP) is 2.79. The third-order valence-electron chi connectivity index (χ3n) is 5.85. The number of rotatable bonds is 7. The highest BCUT2D eigenvalue weighted by molar-refractivity contribution is 5.96. The SMILES string of the molecule is COc1ccc(C(=O)Cn2cnc3c2c(=O)n(CC2CC2)c(=O)n3-c2ccc(F)cc2)cc1. The first-order valence-corrected chi connectivity index (χ1v) is 10.6. The van der Waals surface area contributed by atoms with Crippen molar-refractivity contribution in [1.29, 1.82) is 0 Å². The van der Waals surface area contributed by atoms with Crippen molar-refractivity contribution in [3.8, 4) is 11.4 Å². The van der Waals surface area contributed by atoms with Gasteiger partial charge in [-0.2, -0.15) is 0 Å². The van der Waals surface area contributed by atoms with Crippen LogP contribution >= 0.6 is 0 Å². The summed E-state index contributed by atoms with van der Waals surface area (Å²) in [6.07, 6.45) is 3.29. The zero-order chi connectivity index (χ0) is 23.1. The Morgan fingerprint density at radius 3 is 2.42 bits per heavy atom. The molecule has 1 aliphatic carbocycles. The van der Waals surface area contributed by atoms with Gasteiger partial charge in [-0.3, -0.25) is 14.2 Å². The molecule has 0 spiro atoms. The molecule has 0 bridgehead atoms. The van der Waals surface area contributed by atoms with Crippen LogP contribution in [0.1, 0.15) is 23.2 Å². The molecule has 4 aromatic rings. The molecule has 0 radical (unpaired) electrons. The van der Waals surface area contributed by atoms with Crippen molar-refractivity contribution in [3.05, 3.63) is 87.1 Å².